The highest BCUT2D eigenvalue weighted by atomic mass is 16.5. The van der Waals surface area contributed by atoms with Crippen LogP contribution < -0.4 is 0 Å². The van der Waals surface area contributed by atoms with E-state index in [9.17, 15) is 9.90 Å². The Bertz CT molecular complexity index is 723. The number of fused-ring (bicyclic) bond motifs is 1. The number of aromatic nitrogens is 1. The molecule has 0 atom stereocenters. The van der Waals surface area contributed by atoms with Gasteiger partial charge in [-0.3, -0.25) is 4.79 Å². The number of aryl methyl sites for hydroxylation is 1. The van der Waals surface area contributed by atoms with Gasteiger partial charge in [-0.25, -0.2) is 4.98 Å². The smallest absolute Gasteiger partial charge is 0.310 e. The van der Waals surface area contributed by atoms with E-state index in [4.69, 9.17) is 4.42 Å². The number of ketones is 1. The SMILES string of the molecule is Cc1nc(/C=C2/C(=O)C=Cc3ccccc32)c(O)o1. The molecule has 0 unspecified atom stereocenters. The fourth-order valence-corrected chi connectivity index (χ4v) is 2.09. The minimum Gasteiger partial charge on any atom is -0.479 e. The van der Waals surface area contributed by atoms with Gasteiger partial charge >= 0.3 is 5.95 Å². The summed E-state index contributed by atoms with van der Waals surface area (Å²) < 4.78 is 4.95. The summed E-state index contributed by atoms with van der Waals surface area (Å²) >= 11 is 0. The highest BCUT2D eigenvalue weighted by molar-refractivity contribution is 6.33. The molecule has 1 aliphatic carbocycles. The first-order valence-corrected chi connectivity index (χ1v) is 5.85. The van der Waals surface area contributed by atoms with Crippen LogP contribution in [0.4, 0.5) is 0 Å². The van der Waals surface area contributed by atoms with Gasteiger partial charge in [-0.1, -0.05) is 30.3 Å². The van der Waals surface area contributed by atoms with Crippen molar-refractivity contribution in [2.24, 2.45) is 0 Å². The van der Waals surface area contributed by atoms with E-state index in [-0.39, 0.29) is 17.4 Å². The predicted octanol–water partition coefficient (Wildman–Crippen LogP) is 2.83. The van der Waals surface area contributed by atoms with Gasteiger partial charge in [-0.05, 0) is 23.3 Å². The number of hydrogen-bond acceptors (Lipinski definition) is 4. The van der Waals surface area contributed by atoms with Crippen molar-refractivity contribution < 1.29 is 14.3 Å². The molecule has 0 saturated heterocycles. The molecule has 0 fully saturated rings. The second kappa shape index (κ2) is 4.24. The molecule has 0 radical (unpaired) electrons. The number of nitrogens with zero attached hydrogens (tertiary/aromatic N) is 1. The molecule has 4 nitrogen and oxygen atoms in total. The largest absolute Gasteiger partial charge is 0.479 e. The molecule has 1 aromatic heterocycles. The van der Waals surface area contributed by atoms with Crippen LogP contribution >= 0.6 is 0 Å². The Kier molecular flexibility index (Phi) is 2.56. The van der Waals surface area contributed by atoms with Crippen molar-refractivity contribution in [2.75, 3.05) is 0 Å². The number of carbonyl (C=O) groups is 1. The van der Waals surface area contributed by atoms with Crippen LogP contribution in [0.2, 0.25) is 0 Å². The number of aromatic hydroxyl groups is 1. The van der Waals surface area contributed by atoms with E-state index >= 15 is 0 Å². The number of allylic oxidation sites excluding steroid dienone is 2. The van der Waals surface area contributed by atoms with Crippen molar-refractivity contribution in [1.29, 1.82) is 0 Å². The summed E-state index contributed by atoms with van der Waals surface area (Å²) in [6.45, 7) is 1.64. The molecule has 4 heteroatoms. The monoisotopic (exact) mass is 253 g/mol. The third-order valence-corrected chi connectivity index (χ3v) is 2.95. The molecule has 2 aromatic rings. The van der Waals surface area contributed by atoms with E-state index in [0.29, 0.717) is 11.5 Å². The summed E-state index contributed by atoms with van der Waals surface area (Å²) in [4.78, 5) is 16.0. The molecule has 1 aromatic carbocycles. The first kappa shape index (κ1) is 11.5. The van der Waals surface area contributed by atoms with Crippen molar-refractivity contribution in [1.82, 2.24) is 4.98 Å². The summed E-state index contributed by atoms with van der Waals surface area (Å²) in [5.74, 6) is -0.0278. The molecule has 0 bridgehead atoms. The zero-order chi connectivity index (χ0) is 13.4. The van der Waals surface area contributed by atoms with Crippen LogP contribution in [-0.2, 0) is 4.79 Å². The van der Waals surface area contributed by atoms with Crippen LogP contribution in [0.1, 0.15) is 22.7 Å². The molecule has 19 heavy (non-hydrogen) atoms. The second-order valence-electron chi connectivity index (χ2n) is 4.27. The topological polar surface area (TPSA) is 63.3 Å². The van der Waals surface area contributed by atoms with Gasteiger partial charge in [0.25, 0.3) is 0 Å². The highest BCUT2D eigenvalue weighted by Crippen LogP contribution is 2.30. The zero-order valence-electron chi connectivity index (χ0n) is 10.3. The molecule has 0 saturated carbocycles. The fraction of sp³-hybridized carbons (Fsp3) is 0.0667. The van der Waals surface area contributed by atoms with Crippen LogP contribution in [0.3, 0.4) is 0 Å². The Balaban J connectivity index is 2.16. The number of hydrogen-bond donors (Lipinski definition) is 1. The van der Waals surface area contributed by atoms with E-state index in [1.807, 2.05) is 24.3 Å². The molecule has 1 aliphatic rings. The van der Waals surface area contributed by atoms with Crippen molar-refractivity contribution in [3.63, 3.8) is 0 Å². The van der Waals surface area contributed by atoms with Gasteiger partial charge in [0.15, 0.2) is 11.7 Å². The third-order valence-electron chi connectivity index (χ3n) is 2.95. The zero-order valence-corrected chi connectivity index (χ0v) is 10.3. The molecular formula is C15H11NO3. The Morgan fingerprint density at radius 3 is 2.79 bits per heavy atom. The highest BCUT2D eigenvalue weighted by Gasteiger charge is 2.18. The van der Waals surface area contributed by atoms with Crippen molar-refractivity contribution in [3.05, 3.63) is 53.1 Å². The minimum absolute atomic E-state index is 0.112. The van der Waals surface area contributed by atoms with Gasteiger partial charge in [0.05, 0.1) is 0 Å². The average Bonchev–Trinajstić information content (AvgIpc) is 2.71. The molecule has 3 rings (SSSR count). The maximum atomic E-state index is 12.0. The summed E-state index contributed by atoms with van der Waals surface area (Å²) in [5.41, 5.74) is 2.57. The Hall–Kier alpha value is -2.62. The molecule has 1 N–H and O–H groups in total. The maximum Gasteiger partial charge on any atom is 0.310 e. The first-order valence-electron chi connectivity index (χ1n) is 5.85. The van der Waals surface area contributed by atoms with E-state index in [1.54, 1.807) is 19.1 Å². The fourth-order valence-electron chi connectivity index (χ4n) is 2.09. The Labute approximate surface area is 109 Å². The summed E-state index contributed by atoms with van der Waals surface area (Å²) in [7, 11) is 0. The van der Waals surface area contributed by atoms with Crippen molar-refractivity contribution in [3.8, 4) is 5.95 Å². The maximum absolute atomic E-state index is 12.0. The Morgan fingerprint density at radius 1 is 1.26 bits per heavy atom. The van der Waals surface area contributed by atoms with E-state index in [1.165, 1.54) is 6.08 Å². The van der Waals surface area contributed by atoms with Crippen LogP contribution in [0.15, 0.2) is 34.8 Å². The number of carbonyl (C=O) groups excluding carboxylic acids is 1. The van der Waals surface area contributed by atoms with Crippen LogP contribution in [0.25, 0.3) is 17.7 Å². The van der Waals surface area contributed by atoms with Gasteiger partial charge < -0.3 is 9.52 Å². The van der Waals surface area contributed by atoms with Gasteiger partial charge in [-0.15, -0.1) is 0 Å². The third kappa shape index (κ3) is 1.97. The lowest BCUT2D eigenvalue weighted by Gasteiger charge is -2.12. The molecule has 0 spiro atoms. The predicted molar refractivity (Wildman–Crippen MR) is 71.3 cm³/mol. The quantitative estimate of drug-likeness (QED) is 0.794. The lowest BCUT2D eigenvalue weighted by atomic mass is 9.91. The van der Waals surface area contributed by atoms with E-state index in [0.717, 1.165) is 11.1 Å². The standard InChI is InChI=1S/C15H11NO3/c1-9-16-13(15(18)19-9)8-12-11-5-3-2-4-10(11)6-7-14(12)17/h2-8,18H,1H3/b12-8+. The normalized spacial score (nSPS) is 15.8. The summed E-state index contributed by atoms with van der Waals surface area (Å²) in [6, 6.07) is 7.58. The lowest BCUT2D eigenvalue weighted by Crippen LogP contribution is -2.04. The van der Waals surface area contributed by atoms with Gasteiger partial charge in [0.2, 0.25) is 0 Å². The summed E-state index contributed by atoms with van der Waals surface area (Å²) in [5, 5.41) is 9.59. The van der Waals surface area contributed by atoms with Crippen LogP contribution in [0, 0.1) is 6.92 Å². The molecule has 1 heterocycles. The number of rotatable bonds is 1. The lowest BCUT2D eigenvalue weighted by molar-refractivity contribution is -0.109. The minimum atomic E-state index is -0.273. The summed E-state index contributed by atoms with van der Waals surface area (Å²) in [6.07, 6.45) is 4.84. The van der Waals surface area contributed by atoms with Crippen LogP contribution in [-0.4, -0.2) is 15.9 Å². The van der Waals surface area contributed by atoms with Crippen molar-refractivity contribution in [2.45, 2.75) is 6.92 Å². The number of oxazole rings is 1. The molecule has 0 aliphatic heterocycles. The van der Waals surface area contributed by atoms with Gasteiger partial charge in [0, 0.05) is 12.5 Å². The van der Waals surface area contributed by atoms with Crippen molar-refractivity contribution >= 4 is 23.5 Å². The Morgan fingerprint density at radius 2 is 2.05 bits per heavy atom. The number of benzene rings is 1. The van der Waals surface area contributed by atoms with Gasteiger partial charge in [-0.2, -0.15) is 0 Å². The molecule has 0 amide bonds. The van der Waals surface area contributed by atoms with E-state index in [2.05, 4.69) is 4.98 Å². The van der Waals surface area contributed by atoms with E-state index < -0.39 is 0 Å². The first-order chi connectivity index (χ1) is 9.15. The average molecular weight is 253 g/mol. The molecular weight excluding hydrogens is 242 g/mol. The van der Waals surface area contributed by atoms with Crippen LogP contribution in [0.5, 0.6) is 5.95 Å². The molecule has 94 valence electrons. The second-order valence-corrected chi connectivity index (χ2v) is 4.27. The van der Waals surface area contributed by atoms with Gasteiger partial charge in [0.1, 0.15) is 5.69 Å².